The lowest BCUT2D eigenvalue weighted by atomic mass is 9.93. The number of esters is 1. The molecule has 2 unspecified atom stereocenters. The second-order valence-electron chi connectivity index (χ2n) is 5.51. The zero-order valence-electron chi connectivity index (χ0n) is 11.6. The first kappa shape index (κ1) is 13.2. The Labute approximate surface area is 119 Å². The van der Waals surface area contributed by atoms with E-state index < -0.39 is 0 Å². The van der Waals surface area contributed by atoms with Gasteiger partial charge in [-0.1, -0.05) is 30.4 Å². The standard InChI is InChI=1S/C17H20O3/c18-17(20-12-13-6-2-1-3-7-13)15-10-11-19-16-9-5-4-8-14(15)16/h1-2,4-5,8-9,13,15H,3,6-7,10-12H2. The summed E-state index contributed by atoms with van der Waals surface area (Å²) in [5.41, 5.74) is 0.965. The number of hydrogen-bond donors (Lipinski definition) is 0. The van der Waals surface area contributed by atoms with Gasteiger partial charge in [-0.25, -0.2) is 0 Å². The van der Waals surface area contributed by atoms with Crippen LogP contribution in [0.2, 0.25) is 0 Å². The summed E-state index contributed by atoms with van der Waals surface area (Å²) < 4.78 is 11.1. The van der Waals surface area contributed by atoms with Gasteiger partial charge in [-0.05, 0) is 37.7 Å². The van der Waals surface area contributed by atoms with Gasteiger partial charge in [-0.3, -0.25) is 4.79 Å². The van der Waals surface area contributed by atoms with E-state index in [2.05, 4.69) is 12.2 Å². The molecule has 2 atom stereocenters. The molecule has 0 saturated carbocycles. The fourth-order valence-electron chi connectivity index (χ4n) is 2.90. The third-order valence-corrected chi connectivity index (χ3v) is 4.08. The maximum absolute atomic E-state index is 12.3. The average Bonchev–Trinajstić information content (AvgIpc) is 2.53. The number of benzene rings is 1. The molecule has 0 fully saturated rings. The molecular weight excluding hydrogens is 252 g/mol. The van der Waals surface area contributed by atoms with Crippen LogP contribution in [0.4, 0.5) is 0 Å². The average molecular weight is 272 g/mol. The van der Waals surface area contributed by atoms with Gasteiger partial charge >= 0.3 is 5.97 Å². The smallest absolute Gasteiger partial charge is 0.313 e. The van der Waals surface area contributed by atoms with Crippen LogP contribution in [-0.2, 0) is 9.53 Å². The predicted molar refractivity (Wildman–Crippen MR) is 76.7 cm³/mol. The van der Waals surface area contributed by atoms with Crippen LogP contribution < -0.4 is 4.74 Å². The van der Waals surface area contributed by atoms with Crippen LogP contribution in [0.5, 0.6) is 5.75 Å². The Kier molecular flexibility index (Phi) is 4.05. The summed E-state index contributed by atoms with van der Waals surface area (Å²) in [5, 5.41) is 0. The van der Waals surface area contributed by atoms with E-state index in [9.17, 15) is 4.79 Å². The van der Waals surface area contributed by atoms with E-state index in [-0.39, 0.29) is 11.9 Å². The van der Waals surface area contributed by atoms with Crippen LogP contribution in [0.25, 0.3) is 0 Å². The Hall–Kier alpha value is -1.77. The first-order valence-electron chi connectivity index (χ1n) is 7.38. The number of fused-ring (bicyclic) bond motifs is 1. The van der Waals surface area contributed by atoms with Crippen molar-refractivity contribution in [1.29, 1.82) is 0 Å². The summed E-state index contributed by atoms with van der Waals surface area (Å²) in [4.78, 5) is 12.3. The molecule has 1 aromatic carbocycles. The number of carbonyl (C=O) groups is 1. The van der Waals surface area contributed by atoms with Crippen LogP contribution in [-0.4, -0.2) is 19.2 Å². The zero-order valence-corrected chi connectivity index (χ0v) is 11.6. The van der Waals surface area contributed by atoms with Gasteiger partial charge in [0.25, 0.3) is 0 Å². The fourth-order valence-corrected chi connectivity index (χ4v) is 2.90. The highest BCUT2D eigenvalue weighted by atomic mass is 16.5. The van der Waals surface area contributed by atoms with Gasteiger partial charge in [0, 0.05) is 5.56 Å². The summed E-state index contributed by atoms with van der Waals surface area (Å²) >= 11 is 0. The topological polar surface area (TPSA) is 35.5 Å². The highest BCUT2D eigenvalue weighted by molar-refractivity contribution is 5.79. The first-order chi connectivity index (χ1) is 9.84. The molecule has 2 aliphatic rings. The molecule has 0 bridgehead atoms. The van der Waals surface area contributed by atoms with Crippen molar-refractivity contribution in [3.8, 4) is 5.75 Å². The van der Waals surface area contributed by atoms with Crippen LogP contribution in [0.3, 0.4) is 0 Å². The largest absolute Gasteiger partial charge is 0.493 e. The number of hydrogen-bond acceptors (Lipinski definition) is 3. The molecule has 0 saturated heterocycles. The molecule has 1 aliphatic heterocycles. The van der Waals surface area contributed by atoms with Gasteiger partial charge in [0.1, 0.15) is 5.75 Å². The number of rotatable bonds is 3. The summed E-state index contributed by atoms with van der Waals surface area (Å²) in [6, 6.07) is 7.76. The lowest BCUT2D eigenvalue weighted by Crippen LogP contribution is -2.25. The second-order valence-corrected chi connectivity index (χ2v) is 5.51. The third-order valence-electron chi connectivity index (χ3n) is 4.08. The minimum absolute atomic E-state index is 0.102. The van der Waals surface area contributed by atoms with Crippen molar-refractivity contribution in [3.63, 3.8) is 0 Å². The summed E-state index contributed by atoms with van der Waals surface area (Å²) in [6.07, 6.45) is 8.34. The van der Waals surface area contributed by atoms with Crippen LogP contribution in [0.1, 0.15) is 37.2 Å². The minimum Gasteiger partial charge on any atom is -0.493 e. The van der Waals surface area contributed by atoms with Crippen molar-refractivity contribution in [2.24, 2.45) is 5.92 Å². The molecular formula is C17H20O3. The van der Waals surface area contributed by atoms with Crippen LogP contribution >= 0.6 is 0 Å². The van der Waals surface area contributed by atoms with Crippen molar-refractivity contribution < 1.29 is 14.3 Å². The van der Waals surface area contributed by atoms with E-state index in [0.29, 0.717) is 25.6 Å². The molecule has 3 nitrogen and oxygen atoms in total. The van der Waals surface area contributed by atoms with E-state index >= 15 is 0 Å². The molecule has 1 heterocycles. The summed E-state index contributed by atoms with van der Waals surface area (Å²) in [6.45, 7) is 1.13. The summed E-state index contributed by atoms with van der Waals surface area (Å²) in [5.74, 6) is 1.04. The Morgan fingerprint density at radius 1 is 1.25 bits per heavy atom. The Bertz CT molecular complexity index is 507. The Morgan fingerprint density at radius 2 is 2.15 bits per heavy atom. The minimum atomic E-state index is -0.168. The highest BCUT2D eigenvalue weighted by Gasteiger charge is 2.29. The monoisotopic (exact) mass is 272 g/mol. The van der Waals surface area contributed by atoms with Crippen molar-refractivity contribution in [1.82, 2.24) is 0 Å². The molecule has 106 valence electrons. The second kappa shape index (κ2) is 6.12. The lowest BCUT2D eigenvalue weighted by molar-refractivity contribution is -0.147. The number of para-hydroxylation sites is 1. The van der Waals surface area contributed by atoms with Crippen molar-refractivity contribution in [3.05, 3.63) is 42.0 Å². The van der Waals surface area contributed by atoms with Gasteiger partial charge < -0.3 is 9.47 Å². The van der Waals surface area contributed by atoms with Crippen molar-refractivity contribution in [2.75, 3.05) is 13.2 Å². The Morgan fingerprint density at radius 3 is 3.00 bits per heavy atom. The molecule has 0 radical (unpaired) electrons. The maximum atomic E-state index is 12.3. The van der Waals surface area contributed by atoms with Crippen molar-refractivity contribution >= 4 is 5.97 Å². The van der Waals surface area contributed by atoms with Gasteiger partial charge in [0.15, 0.2) is 0 Å². The summed E-state index contributed by atoms with van der Waals surface area (Å²) in [7, 11) is 0. The van der Waals surface area contributed by atoms with Gasteiger partial charge in [0.05, 0.1) is 19.1 Å². The fraction of sp³-hybridized carbons (Fsp3) is 0.471. The van der Waals surface area contributed by atoms with Gasteiger partial charge in [-0.2, -0.15) is 0 Å². The number of carbonyl (C=O) groups excluding carboxylic acids is 1. The molecule has 0 N–H and O–H groups in total. The predicted octanol–water partition coefficient (Wildman–Crippen LogP) is 3.45. The van der Waals surface area contributed by atoms with Crippen LogP contribution in [0, 0.1) is 5.92 Å². The van der Waals surface area contributed by atoms with E-state index in [1.807, 2.05) is 24.3 Å². The number of ether oxygens (including phenoxy) is 2. The molecule has 1 aliphatic carbocycles. The van der Waals surface area contributed by atoms with Gasteiger partial charge in [-0.15, -0.1) is 0 Å². The molecule has 3 heteroatoms. The molecule has 0 aromatic heterocycles. The normalized spacial score (nSPS) is 24.6. The highest BCUT2D eigenvalue weighted by Crippen LogP contribution is 2.34. The zero-order chi connectivity index (χ0) is 13.8. The SMILES string of the molecule is O=C(OCC1CC=CCC1)C1CCOc2ccccc21. The van der Waals surface area contributed by atoms with E-state index in [0.717, 1.165) is 30.6 Å². The molecule has 3 rings (SSSR count). The Balaban J connectivity index is 1.61. The van der Waals surface area contributed by atoms with E-state index in [4.69, 9.17) is 9.47 Å². The molecule has 0 spiro atoms. The van der Waals surface area contributed by atoms with Crippen LogP contribution in [0.15, 0.2) is 36.4 Å². The van der Waals surface area contributed by atoms with Gasteiger partial charge in [0.2, 0.25) is 0 Å². The molecule has 0 amide bonds. The lowest BCUT2D eigenvalue weighted by Gasteiger charge is -2.25. The number of allylic oxidation sites excluding steroid dienone is 2. The quantitative estimate of drug-likeness (QED) is 0.624. The van der Waals surface area contributed by atoms with E-state index in [1.54, 1.807) is 0 Å². The van der Waals surface area contributed by atoms with E-state index in [1.165, 1.54) is 0 Å². The van der Waals surface area contributed by atoms with Crippen molar-refractivity contribution in [2.45, 2.75) is 31.6 Å². The first-order valence-corrected chi connectivity index (χ1v) is 7.38. The maximum Gasteiger partial charge on any atom is 0.313 e. The third kappa shape index (κ3) is 2.87. The molecule has 20 heavy (non-hydrogen) atoms. The molecule has 1 aromatic rings.